The van der Waals surface area contributed by atoms with Gasteiger partial charge in [0.1, 0.15) is 0 Å². The van der Waals surface area contributed by atoms with Gasteiger partial charge in [-0.25, -0.2) is 0 Å². The molecule has 0 atom stereocenters. The lowest BCUT2D eigenvalue weighted by Crippen LogP contribution is -2.23. The molecule has 0 aliphatic rings. The Kier molecular flexibility index (Phi) is 5.63. The molecule has 0 radical (unpaired) electrons. The quantitative estimate of drug-likeness (QED) is 0.722. The number of aryl methyl sites for hydroxylation is 1. The van der Waals surface area contributed by atoms with Crippen LogP contribution in [0.3, 0.4) is 0 Å². The molecule has 2 amide bonds. The minimum absolute atomic E-state index is 0.0117. The lowest BCUT2D eigenvalue weighted by molar-refractivity contribution is -0.114. The van der Waals surface area contributed by atoms with Gasteiger partial charge in [-0.1, -0.05) is 17.7 Å². The summed E-state index contributed by atoms with van der Waals surface area (Å²) in [6.07, 6.45) is 0. The number of primary amides is 1. The van der Waals surface area contributed by atoms with Gasteiger partial charge in [0.25, 0.3) is 5.91 Å². The van der Waals surface area contributed by atoms with Crippen LogP contribution in [0.1, 0.15) is 15.9 Å². The number of hydrogen-bond donors (Lipinski definition) is 3. The van der Waals surface area contributed by atoms with Crippen LogP contribution >= 0.6 is 27.5 Å². The predicted molar refractivity (Wildman–Crippen MR) is 96.0 cm³/mol. The van der Waals surface area contributed by atoms with Crippen molar-refractivity contribution in [1.29, 1.82) is 0 Å². The van der Waals surface area contributed by atoms with E-state index in [4.69, 9.17) is 17.3 Å². The maximum absolute atomic E-state index is 12.0. The minimum Gasteiger partial charge on any atom is -0.375 e. The number of nitrogens with one attached hydrogen (secondary N) is 2. The van der Waals surface area contributed by atoms with E-state index in [1.165, 1.54) is 6.07 Å². The third-order valence-corrected chi connectivity index (χ3v) is 3.98. The van der Waals surface area contributed by atoms with Gasteiger partial charge in [-0.2, -0.15) is 0 Å². The van der Waals surface area contributed by atoms with E-state index in [1.54, 1.807) is 12.1 Å². The summed E-state index contributed by atoms with van der Waals surface area (Å²) in [7, 11) is 0. The molecule has 0 unspecified atom stereocenters. The fourth-order valence-electron chi connectivity index (χ4n) is 1.97. The van der Waals surface area contributed by atoms with Crippen molar-refractivity contribution in [3.8, 4) is 0 Å². The summed E-state index contributed by atoms with van der Waals surface area (Å²) in [6.45, 7) is 1.95. The second-order valence-corrected chi connectivity index (χ2v) is 6.23. The summed E-state index contributed by atoms with van der Waals surface area (Å²) < 4.78 is 0.801. The van der Waals surface area contributed by atoms with Crippen LogP contribution in [-0.2, 0) is 4.79 Å². The van der Waals surface area contributed by atoms with Crippen LogP contribution in [0.4, 0.5) is 11.4 Å². The van der Waals surface area contributed by atoms with E-state index in [-0.39, 0.29) is 18.0 Å². The molecule has 0 bridgehead atoms. The number of amides is 2. The molecule has 7 heteroatoms. The average Bonchev–Trinajstić information content (AvgIpc) is 2.48. The van der Waals surface area contributed by atoms with Crippen LogP contribution in [-0.4, -0.2) is 18.4 Å². The molecule has 0 aliphatic heterocycles. The zero-order chi connectivity index (χ0) is 17.0. The zero-order valence-corrected chi connectivity index (χ0v) is 14.7. The molecule has 0 aromatic heterocycles. The Morgan fingerprint density at radius 1 is 1.17 bits per heavy atom. The first-order valence-corrected chi connectivity index (χ1v) is 7.93. The highest BCUT2D eigenvalue weighted by Gasteiger charge is 2.11. The summed E-state index contributed by atoms with van der Waals surface area (Å²) in [4.78, 5) is 23.4. The van der Waals surface area contributed by atoms with Gasteiger partial charge in [-0.3, -0.25) is 9.59 Å². The van der Waals surface area contributed by atoms with E-state index in [9.17, 15) is 9.59 Å². The van der Waals surface area contributed by atoms with Gasteiger partial charge in [-0.15, -0.1) is 0 Å². The van der Waals surface area contributed by atoms with Crippen LogP contribution in [0.2, 0.25) is 5.02 Å². The molecular weight excluding hydrogens is 382 g/mol. The summed E-state index contributed by atoms with van der Waals surface area (Å²) in [5, 5.41) is 6.06. The summed E-state index contributed by atoms with van der Waals surface area (Å²) in [5.41, 5.74) is 7.76. The third-order valence-electron chi connectivity index (χ3n) is 3.09. The molecule has 2 aromatic carbocycles. The Labute approximate surface area is 147 Å². The normalized spacial score (nSPS) is 10.2. The highest BCUT2D eigenvalue weighted by Crippen LogP contribution is 2.23. The molecule has 0 saturated heterocycles. The average molecular weight is 397 g/mol. The van der Waals surface area contributed by atoms with Crippen molar-refractivity contribution in [3.05, 3.63) is 57.0 Å². The molecule has 0 fully saturated rings. The Balaban J connectivity index is 2.03. The Morgan fingerprint density at radius 2 is 1.87 bits per heavy atom. The van der Waals surface area contributed by atoms with E-state index >= 15 is 0 Å². The van der Waals surface area contributed by atoms with Gasteiger partial charge in [0.05, 0.1) is 17.8 Å². The van der Waals surface area contributed by atoms with Crippen LogP contribution in [0.5, 0.6) is 0 Å². The van der Waals surface area contributed by atoms with Gasteiger partial charge in [0.15, 0.2) is 0 Å². The van der Waals surface area contributed by atoms with Gasteiger partial charge >= 0.3 is 0 Å². The second kappa shape index (κ2) is 7.48. The monoisotopic (exact) mass is 395 g/mol. The first kappa shape index (κ1) is 17.3. The molecule has 4 N–H and O–H groups in total. The maximum Gasteiger partial charge on any atom is 0.250 e. The fourth-order valence-corrected chi connectivity index (χ4v) is 2.73. The van der Waals surface area contributed by atoms with Gasteiger partial charge in [-0.05, 0) is 58.7 Å². The lowest BCUT2D eigenvalue weighted by Gasteiger charge is -2.12. The number of halogens is 2. The van der Waals surface area contributed by atoms with Gasteiger partial charge in [0.2, 0.25) is 5.91 Å². The van der Waals surface area contributed by atoms with E-state index in [0.717, 1.165) is 10.0 Å². The molecule has 23 heavy (non-hydrogen) atoms. The molecule has 2 rings (SSSR count). The molecule has 0 spiro atoms. The highest BCUT2D eigenvalue weighted by molar-refractivity contribution is 9.10. The number of carbonyl (C=O) groups is 2. The Morgan fingerprint density at radius 3 is 2.52 bits per heavy atom. The first-order chi connectivity index (χ1) is 10.9. The third kappa shape index (κ3) is 4.71. The van der Waals surface area contributed by atoms with Crippen molar-refractivity contribution in [2.24, 2.45) is 5.73 Å². The van der Waals surface area contributed by atoms with Crippen molar-refractivity contribution in [1.82, 2.24) is 0 Å². The Hall–Kier alpha value is -2.05. The largest absolute Gasteiger partial charge is 0.375 e. The summed E-state index contributed by atoms with van der Waals surface area (Å²) in [6, 6.07) is 10.3. The minimum atomic E-state index is -0.614. The number of hydrogen-bond acceptors (Lipinski definition) is 3. The second-order valence-electron chi connectivity index (χ2n) is 4.94. The molecule has 5 nitrogen and oxygen atoms in total. The van der Waals surface area contributed by atoms with Crippen LogP contribution in [0.25, 0.3) is 0 Å². The van der Waals surface area contributed by atoms with Gasteiger partial charge < -0.3 is 16.4 Å². The molecule has 0 heterocycles. The number of anilines is 2. The Bertz CT molecular complexity index is 765. The predicted octanol–water partition coefficient (Wildman–Crippen LogP) is 3.56. The number of nitrogens with two attached hydrogens (primary N) is 1. The SMILES string of the molecule is Cc1ccc(NC(=O)CNc2ccc(Cl)cc2C(N)=O)c(Br)c1. The van der Waals surface area contributed by atoms with E-state index in [2.05, 4.69) is 26.6 Å². The topological polar surface area (TPSA) is 84.2 Å². The molecule has 0 saturated carbocycles. The van der Waals surface area contributed by atoms with Crippen molar-refractivity contribution < 1.29 is 9.59 Å². The number of carbonyl (C=O) groups excluding carboxylic acids is 2. The van der Waals surface area contributed by atoms with Crippen molar-refractivity contribution >= 4 is 50.7 Å². The van der Waals surface area contributed by atoms with Crippen molar-refractivity contribution in [3.63, 3.8) is 0 Å². The first-order valence-electron chi connectivity index (χ1n) is 6.76. The van der Waals surface area contributed by atoms with E-state index < -0.39 is 5.91 Å². The molecule has 2 aromatic rings. The summed E-state index contributed by atoms with van der Waals surface area (Å²) in [5.74, 6) is -0.864. The van der Waals surface area contributed by atoms with Gasteiger partial charge in [0, 0.05) is 15.2 Å². The molecular formula is C16H15BrClN3O2. The van der Waals surface area contributed by atoms with Crippen molar-refractivity contribution in [2.75, 3.05) is 17.2 Å². The smallest absolute Gasteiger partial charge is 0.250 e. The van der Waals surface area contributed by atoms with Crippen molar-refractivity contribution in [2.45, 2.75) is 6.92 Å². The van der Waals surface area contributed by atoms with Crippen LogP contribution < -0.4 is 16.4 Å². The lowest BCUT2D eigenvalue weighted by atomic mass is 10.1. The maximum atomic E-state index is 12.0. The van der Waals surface area contributed by atoms with Crippen LogP contribution in [0.15, 0.2) is 40.9 Å². The number of benzene rings is 2. The molecule has 120 valence electrons. The fraction of sp³-hybridized carbons (Fsp3) is 0.125. The van der Waals surface area contributed by atoms with Crippen LogP contribution in [0, 0.1) is 6.92 Å². The highest BCUT2D eigenvalue weighted by atomic mass is 79.9. The van der Waals surface area contributed by atoms with E-state index in [0.29, 0.717) is 16.4 Å². The zero-order valence-electron chi connectivity index (χ0n) is 12.3. The standard InChI is InChI=1S/C16H15BrClN3O2/c1-9-2-4-14(12(17)6-9)21-15(22)8-20-13-5-3-10(18)7-11(13)16(19)23/h2-7,20H,8H2,1H3,(H2,19,23)(H,21,22). The molecule has 0 aliphatic carbocycles. The van der Waals surface area contributed by atoms with E-state index in [1.807, 2.05) is 25.1 Å². The number of rotatable bonds is 5. The summed E-state index contributed by atoms with van der Waals surface area (Å²) >= 11 is 9.24.